The first-order valence-electron chi connectivity index (χ1n) is 6.95. The van der Waals surface area contributed by atoms with Gasteiger partial charge in [0.1, 0.15) is 11.6 Å². The average molecular weight is 261 g/mol. The van der Waals surface area contributed by atoms with Gasteiger partial charge in [-0.2, -0.15) is 0 Å². The quantitative estimate of drug-likeness (QED) is 0.867. The molecule has 1 atom stereocenters. The number of carbonyl (C=O) groups excluding carboxylic acids is 1. The van der Waals surface area contributed by atoms with Gasteiger partial charge in [0.05, 0.1) is 0 Å². The Morgan fingerprint density at radius 2 is 2.37 bits per heavy atom. The fourth-order valence-corrected chi connectivity index (χ4v) is 2.70. The van der Waals surface area contributed by atoms with Crippen molar-refractivity contribution in [2.24, 2.45) is 11.3 Å². The van der Waals surface area contributed by atoms with Crippen molar-refractivity contribution < 1.29 is 4.79 Å². The predicted molar refractivity (Wildman–Crippen MR) is 76.7 cm³/mol. The first-order chi connectivity index (χ1) is 9.01. The van der Waals surface area contributed by atoms with Crippen LogP contribution in [0.3, 0.4) is 0 Å². The molecule has 0 amide bonds. The van der Waals surface area contributed by atoms with Gasteiger partial charge in [-0.1, -0.05) is 19.9 Å². The summed E-state index contributed by atoms with van der Waals surface area (Å²) in [5, 5.41) is 3.38. The van der Waals surface area contributed by atoms with Crippen molar-refractivity contribution in [1.82, 2.24) is 10.3 Å². The largest absolute Gasteiger partial charge is 0.383 e. The summed E-state index contributed by atoms with van der Waals surface area (Å²) in [6.07, 6.45) is 4.30. The molecule has 0 bridgehead atoms. The van der Waals surface area contributed by atoms with E-state index >= 15 is 0 Å². The first kappa shape index (κ1) is 14.0. The average Bonchev–Trinajstić information content (AvgIpc) is 2.42. The predicted octanol–water partition coefficient (Wildman–Crippen LogP) is 1.80. The Morgan fingerprint density at radius 1 is 1.58 bits per heavy atom. The smallest absolute Gasteiger partial charge is 0.143 e. The normalized spacial score (nSPS) is 20.2. The van der Waals surface area contributed by atoms with Crippen molar-refractivity contribution in [3.63, 3.8) is 0 Å². The lowest BCUT2D eigenvalue weighted by Crippen LogP contribution is -2.43. The zero-order chi connectivity index (χ0) is 13.9. The van der Waals surface area contributed by atoms with Crippen LogP contribution in [0.5, 0.6) is 0 Å². The van der Waals surface area contributed by atoms with Crippen LogP contribution in [0.15, 0.2) is 18.3 Å². The van der Waals surface area contributed by atoms with E-state index in [4.69, 9.17) is 5.73 Å². The summed E-state index contributed by atoms with van der Waals surface area (Å²) in [7, 11) is 0. The standard InChI is InChI=1S/C15H23N3O/c1-15(2,12-6-4-7-17-10-12)13(19)9-11-5-3-8-18-14(11)16/h3,5,8,12,17H,4,6-7,9-10H2,1-2H3,(H2,16,18). The number of hydrogen-bond donors (Lipinski definition) is 2. The van der Waals surface area contributed by atoms with Crippen LogP contribution in [-0.2, 0) is 11.2 Å². The molecule has 0 aliphatic carbocycles. The molecule has 1 unspecified atom stereocenters. The maximum absolute atomic E-state index is 12.6. The molecule has 1 fully saturated rings. The lowest BCUT2D eigenvalue weighted by molar-refractivity contribution is -0.129. The van der Waals surface area contributed by atoms with Crippen LogP contribution in [-0.4, -0.2) is 23.9 Å². The number of nitrogens with zero attached hydrogens (tertiary/aromatic N) is 1. The van der Waals surface area contributed by atoms with E-state index in [0.717, 1.165) is 31.5 Å². The fraction of sp³-hybridized carbons (Fsp3) is 0.600. The number of nitrogen functional groups attached to an aromatic ring is 1. The number of aromatic nitrogens is 1. The van der Waals surface area contributed by atoms with E-state index in [1.807, 2.05) is 12.1 Å². The van der Waals surface area contributed by atoms with Gasteiger partial charge in [0, 0.05) is 23.6 Å². The van der Waals surface area contributed by atoms with Gasteiger partial charge in [0.2, 0.25) is 0 Å². The van der Waals surface area contributed by atoms with E-state index in [1.165, 1.54) is 0 Å². The molecule has 0 aromatic carbocycles. The van der Waals surface area contributed by atoms with Crippen LogP contribution >= 0.6 is 0 Å². The number of piperidine rings is 1. The number of ketones is 1. The minimum atomic E-state index is -0.310. The van der Waals surface area contributed by atoms with E-state index in [2.05, 4.69) is 24.1 Å². The highest BCUT2D eigenvalue weighted by atomic mass is 16.1. The SMILES string of the molecule is CC(C)(C(=O)Cc1cccnc1N)C1CCCNC1. The molecule has 4 nitrogen and oxygen atoms in total. The Morgan fingerprint density at radius 3 is 3.00 bits per heavy atom. The first-order valence-corrected chi connectivity index (χ1v) is 6.95. The summed E-state index contributed by atoms with van der Waals surface area (Å²) < 4.78 is 0. The number of carbonyl (C=O) groups is 1. The number of Topliss-reactive ketones (excluding diaryl/α,β-unsaturated/α-hetero) is 1. The number of nitrogens with one attached hydrogen (secondary N) is 1. The lowest BCUT2D eigenvalue weighted by atomic mass is 9.71. The van der Waals surface area contributed by atoms with Crippen molar-refractivity contribution in [2.75, 3.05) is 18.8 Å². The van der Waals surface area contributed by atoms with Crippen molar-refractivity contribution in [3.8, 4) is 0 Å². The highest BCUT2D eigenvalue weighted by Gasteiger charge is 2.36. The topological polar surface area (TPSA) is 68.0 Å². The number of nitrogens with two attached hydrogens (primary N) is 1. The molecule has 0 spiro atoms. The molecule has 3 N–H and O–H groups in total. The second-order valence-corrected chi connectivity index (χ2v) is 5.91. The third-order valence-electron chi connectivity index (χ3n) is 4.31. The van der Waals surface area contributed by atoms with E-state index in [0.29, 0.717) is 18.2 Å². The third-order valence-corrected chi connectivity index (χ3v) is 4.31. The molecule has 1 aromatic heterocycles. The van der Waals surface area contributed by atoms with Crippen LogP contribution in [0.4, 0.5) is 5.82 Å². The maximum atomic E-state index is 12.6. The monoisotopic (exact) mass is 261 g/mol. The summed E-state index contributed by atoms with van der Waals surface area (Å²) in [5.41, 5.74) is 6.34. The molecule has 104 valence electrons. The van der Waals surface area contributed by atoms with Crippen LogP contribution in [0.2, 0.25) is 0 Å². The Kier molecular flexibility index (Phi) is 4.20. The Labute approximate surface area is 114 Å². The second kappa shape index (κ2) is 5.70. The second-order valence-electron chi connectivity index (χ2n) is 5.91. The molecular weight excluding hydrogens is 238 g/mol. The third kappa shape index (κ3) is 3.13. The zero-order valence-electron chi connectivity index (χ0n) is 11.8. The van der Waals surface area contributed by atoms with E-state index in [9.17, 15) is 4.79 Å². The van der Waals surface area contributed by atoms with Gasteiger partial charge in [0.15, 0.2) is 0 Å². The molecule has 4 heteroatoms. The van der Waals surface area contributed by atoms with Gasteiger partial charge in [-0.25, -0.2) is 4.98 Å². The molecule has 19 heavy (non-hydrogen) atoms. The van der Waals surface area contributed by atoms with Crippen LogP contribution in [0.1, 0.15) is 32.3 Å². The zero-order valence-corrected chi connectivity index (χ0v) is 11.8. The Hall–Kier alpha value is -1.42. The molecule has 1 aliphatic rings. The van der Waals surface area contributed by atoms with Crippen molar-refractivity contribution in [3.05, 3.63) is 23.9 Å². The van der Waals surface area contributed by atoms with Crippen molar-refractivity contribution >= 4 is 11.6 Å². The minimum absolute atomic E-state index is 0.251. The molecule has 2 rings (SSSR count). The lowest BCUT2D eigenvalue weighted by Gasteiger charge is -2.36. The van der Waals surface area contributed by atoms with Gasteiger partial charge in [-0.05, 0) is 37.9 Å². The Balaban J connectivity index is 2.08. The Bertz CT molecular complexity index is 450. The number of pyridine rings is 1. The number of rotatable bonds is 4. The van der Waals surface area contributed by atoms with Crippen LogP contribution < -0.4 is 11.1 Å². The summed E-state index contributed by atoms with van der Waals surface area (Å²) in [6, 6.07) is 3.71. The van der Waals surface area contributed by atoms with Crippen LogP contribution in [0, 0.1) is 11.3 Å². The van der Waals surface area contributed by atoms with E-state index < -0.39 is 0 Å². The van der Waals surface area contributed by atoms with Gasteiger partial charge in [0.25, 0.3) is 0 Å². The molecule has 1 saturated heterocycles. The van der Waals surface area contributed by atoms with Crippen molar-refractivity contribution in [2.45, 2.75) is 33.1 Å². The summed E-state index contributed by atoms with van der Waals surface area (Å²) in [5.74, 6) is 1.13. The fourth-order valence-electron chi connectivity index (χ4n) is 2.70. The van der Waals surface area contributed by atoms with Crippen molar-refractivity contribution in [1.29, 1.82) is 0 Å². The van der Waals surface area contributed by atoms with Crippen LogP contribution in [0.25, 0.3) is 0 Å². The highest BCUT2D eigenvalue weighted by Crippen LogP contribution is 2.34. The minimum Gasteiger partial charge on any atom is -0.383 e. The van der Waals surface area contributed by atoms with Gasteiger partial charge >= 0.3 is 0 Å². The summed E-state index contributed by atoms with van der Waals surface area (Å²) >= 11 is 0. The van der Waals surface area contributed by atoms with Gasteiger partial charge in [-0.15, -0.1) is 0 Å². The van der Waals surface area contributed by atoms with E-state index in [-0.39, 0.29) is 11.2 Å². The molecule has 0 saturated carbocycles. The molecule has 2 heterocycles. The molecule has 0 radical (unpaired) electrons. The van der Waals surface area contributed by atoms with Gasteiger partial charge < -0.3 is 11.1 Å². The summed E-state index contributed by atoms with van der Waals surface area (Å²) in [4.78, 5) is 16.6. The number of anilines is 1. The maximum Gasteiger partial charge on any atom is 0.143 e. The van der Waals surface area contributed by atoms with Gasteiger partial charge in [-0.3, -0.25) is 4.79 Å². The number of hydrogen-bond acceptors (Lipinski definition) is 4. The highest BCUT2D eigenvalue weighted by molar-refractivity contribution is 5.87. The van der Waals surface area contributed by atoms with E-state index in [1.54, 1.807) is 6.20 Å². The molecule has 1 aliphatic heterocycles. The molecular formula is C15H23N3O. The molecule has 1 aromatic rings. The summed E-state index contributed by atoms with van der Waals surface area (Å²) in [6.45, 7) is 6.11.